The van der Waals surface area contributed by atoms with Crippen LogP contribution in [0, 0.1) is 5.82 Å². The molecule has 4 aromatic rings. The molecule has 4 heterocycles. The Labute approximate surface area is 200 Å². The molecular formula is C25H22ClFN4O3. The molecule has 2 aliphatic rings. The largest absolute Gasteiger partial charge is 0.468 e. The van der Waals surface area contributed by atoms with Crippen molar-refractivity contribution in [2.24, 2.45) is 0 Å². The molecule has 2 aromatic carbocycles. The van der Waals surface area contributed by atoms with Crippen molar-refractivity contribution in [2.45, 2.75) is 25.0 Å². The van der Waals surface area contributed by atoms with E-state index >= 15 is 4.39 Å². The predicted molar refractivity (Wildman–Crippen MR) is 128 cm³/mol. The van der Waals surface area contributed by atoms with E-state index in [1.165, 1.54) is 0 Å². The van der Waals surface area contributed by atoms with Gasteiger partial charge in [-0.25, -0.2) is 9.37 Å². The summed E-state index contributed by atoms with van der Waals surface area (Å²) in [6.45, 7) is 1.46. The highest BCUT2D eigenvalue weighted by atomic mass is 35.5. The maximum absolute atomic E-state index is 16.0. The number of hydrogen-bond acceptors (Lipinski definition) is 7. The molecule has 0 spiro atoms. The van der Waals surface area contributed by atoms with Gasteiger partial charge in [0, 0.05) is 32.0 Å². The summed E-state index contributed by atoms with van der Waals surface area (Å²) < 4.78 is 32.7. The second kappa shape index (κ2) is 8.61. The van der Waals surface area contributed by atoms with Gasteiger partial charge in [-0.2, -0.15) is 4.98 Å². The third kappa shape index (κ3) is 3.72. The third-order valence-electron chi connectivity index (χ3n) is 6.41. The zero-order valence-electron chi connectivity index (χ0n) is 18.5. The molecule has 2 saturated heterocycles. The monoisotopic (exact) mass is 480 g/mol. The van der Waals surface area contributed by atoms with Crippen molar-refractivity contribution in [1.29, 1.82) is 0 Å². The number of aromatic nitrogens is 3. The van der Waals surface area contributed by atoms with Crippen molar-refractivity contribution in [3.63, 3.8) is 0 Å². The van der Waals surface area contributed by atoms with Crippen LogP contribution >= 0.6 is 11.6 Å². The lowest BCUT2D eigenvalue weighted by atomic mass is 10.00. The van der Waals surface area contributed by atoms with E-state index in [0.717, 1.165) is 23.6 Å². The second-order valence-corrected chi connectivity index (χ2v) is 8.94. The fourth-order valence-corrected chi connectivity index (χ4v) is 5.09. The zero-order valence-corrected chi connectivity index (χ0v) is 19.3. The van der Waals surface area contributed by atoms with Crippen LogP contribution < -0.4 is 9.64 Å². The Kier molecular flexibility index (Phi) is 5.44. The quantitative estimate of drug-likeness (QED) is 0.294. The van der Waals surface area contributed by atoms with Crippen LogP contribution in [0.3, 0.4) is 0 Å². The molecule has 2 bridgehead atoms. The van der Waals surface area contributed by atoms with E-state index in [-0.39, 0.29) is 35.5 Å². The van der Waals surface area contributed by atoms with Crippen molar-refractivity contribution in [3.8, 4) is 17.0 Å². The van der Waals surface area contributed by atoms with E-state index < -0.39 is 5.82 Å². The molecule has 0 amide bonds. The van der Waals surface area contributed by atoms with Crippen molar-refractivity contribution in [1.82, 2.24) is 15.0 Å². The van der Waals surface area contributed by atoms with Crippen molar-refractivity contribution >= 4 is 39.1 Å². The summed E-state index contributed by atoms with van der Waals surface area (Å²) in [4.78, 5) is 15.4. The lowest BCUT2D eigenvalue weighted by molar-refractivity contribution is 0.0303. The number of hydrogen-bond donors (Lipinski definition) is 0. The van der Waals surface area contributed by atoms with E-state index in [1.54, 1.807) is 19.4 Å². The van der Waals surface area contributed by atoms with Gasteiger partial charge in [0.1, 0.15) is 22.8 Å². The smallest absolute Gasteiger partial charge is 0.225 e. The molecular weight excluding hydrogens is 459 g/mol. The van der Waals surface area contributed by atoms with Crippen LogP contribution in [0.4, 0.5) is 10.2 Å². The molecule has 2 atom stereocenters. The first-order chi connectivity index (χ1) is 16.6. The Hall–Kier alpha value is -3.07. The van der Waals surface area contributed by atoms with Gasteiger partial charge in [-0.3, -0.25) is 4.98 Å². The summed E-state index contributed by atoms with van der Waals surface area (Å²) in [6, 6.07) is 11.4. The summed E-state index contributed by atoms with van der Waals surface area (Å²) in [5.41, 5.74) is 0.921. The average Bonchev–Trinajstić information content (AvgIpc) is 3.19. The fraction of sp³-hybridized carbons (Fsp3) is 0.320. The first-order valence-electron chi connectivity index (χ1n) is 11.2. The highest BCUT2D eigenvalue weighted by Gasteiger charge is 2.35. The Morgan fingerprint density at radius 2 is 1.91 bits per heavy atom. The molecule has 6 rings (SSSR count). The topological polar surface area (TPSA) is 69.6 Å². The summed E-state index contributed by atoms with van der Waals surface area (Å²) in [5.74, 6) is 0.602. The molecule has 0 aliphatic carbocycles. The Balaban J connectivity index is 1.51. The molecule has 34 heavy (non-hydrogen) atoms. The van der Waals surface area contributed by atoms with E-state index in [9.17, 15) is 0 Å². The van der Waals surface area contributed by atoms with Gasteiger partial charge >= 0.3 is 0 Å². The van der Waals surface area contributed by atoms with Crippen LogP contribution in [0.5, 0.6) is 5.75 Å². The van der Waals surface area contributed by atoms with Crippen molar-refractivity contribution in [3.05, 3.63) is 53.7 Å². The molecule has 9 heteroatoms. The van der Waals surface area contributed by atoms with Gasteiger partial charge in [0.2, 0.25) is 5.28 Å². The molecule has 0 saturated carbocycles. The van der Waals surface area contributed by atoms with Crippen molar-refractivity contribution < 1.29 is 18.6 Å². The van der Waals surface area contributed by atoms with Gasteiger partial charge < -0.3 is 19.1 Å². The molecule has 2 aromatic heterocycles. The predicted octanol–water partition coefficient (Wildman–Crippen LogP) is 4.99. The van der Waals surface area contributed by atoms with Crippen molar-refractivity contribution in [2.75, 3.05) is 31.9 Å². The molecule has 0 radical (unpaired) electrons. The fourth-order valence-electron chi connectivity index (χ4n) is 4.92. The van der Waals surface area contributed by atoms with E-state index in [0.29, 0.717) is 35.6 Å². The Morgan fingerprint density at radius 3 is 2.71 bits per heavy atom. The number of anilines is 1. The number of benzene rings is 2. The summed E-state index contributed by atoms with van der Waals surface area (Å²) >= 11 is 6.28. The van der Waals surface area contributed by atoms with Gasteiger partial charge in [0.25, 0.3) is 0 Å². The Morgan fingerprint density at radius 1 is 1.12 bits per heavy atom. The van der Waals surface area contributed by atoms with Gasteiger partial charge in [-0.15, -0.1) is 0 Å². The van der Waals surface area contributed by atoms with Crippen LogP contribution in [-0.4, -0.2) is 54.2 Å². The average molecular weight is 481 g/mol. The first-order valence-corrected chi connectivity index (χ1v) is 11.6. The van der Waals surface area contributed by atoms with Crippen LogP contribution in [-0.2, 0) is 9.47 Å². The maximum atomic E-state index is 16.0. The van der Waals surface area contributed by atoms with Gasteiger partial charge in [0.05, 0.1) is 17.6 Å². The lowest BCUT2D eigenvalue weighted by Gasteiger charge is -2.33. The van der Waals surface area contributed by atoms with Crippen LogP contribution in [0.15, 0.2) is 42.6 Å². The van der Waals surface area contributed by atoms with E-state index in [2.05, 4.69) is 19.9 Å². The van der Waals surface area contributed by atoms with Gasteiger partial charge in [-0.05, 0) is 47.3 Å². The van der Waals surface area contributed by atoms with Gasteiger partial charge in [-0.1, -0.05) is 24.3 Å². The molecule has 2 aliphatic heterocycles. The first kappa shape index (κ1) is 21.5. The number of pyridine rings is 1. The number of fused-ring (bicyclic) bond motifs is 4. The minimum atomic E-state index is -0.548. The van der Waals surface area contributed by atoms with Crippen LogP contribution in [0.1, 0.15) is 12.8 Å². The maximum Gasteiger partial charge on any atom is 0.225 e. The number of nitrogens with zero attached hydrogens (tertiary/aromatic N) is 4. The minimum Gasteiger partial charge on any atom is -0.468 e. The standard InChI is InChI=1S/C25H22ClFN4O3/c1-32-13-33-17-8-14-4-2-3-5-18(14)19(9-17)22-21(27)23-20(10-28-22)24(30-25(26)29-23)31-11-15-6-7-16(12-31)34-15/h2-5,8-10,15-16H,6-7,11-13H2,1H3. The van der Waals surface area contributed by atoms with Crippen LogP contribution in [0.2, 0.25) is 5.28 Å². The lowest BCUT2D eigenvalue weighted by Crippen LogP contribution is -2.43. The molecule has 2 unspecified atom stereocenters. The molecule has 7 nitrogen and oxygen atoms in total. The highest BCUT2D eigenvalue weighted by Crippen LogP contribution is 2.38. The SMILES string of the molecule is COCOc1cc(-c2ncc3c(N4CC5CCC(C4)O5)nc(Cl)nc3c2F)c2ccccc2c1. The third-order valence-corrected chi connectivity index (χ3v) is 6.58. The Bertz CT molecular complexity index is 1390. The number of halogens is 2. The highest BCUT2D eigenvalue weighted by molar-refractivity contribution is 6.28. The molecule has 174 valence electrons. The number of morpholine rings is 1. The number of ether oxygens (including phenoxy) is 3. The normalized spacial score (nSPS) is 19.8. The second-order valence-electron chi connectivity index (χ2n) is 8.60. The zero-order chi connectivity index (χ0) is 23.2. The summed E-state index contributed by atoms with van der Waals surface area (Å²) in [5, 5.41) is 2.28. The number of rotatable bonds is 5. The van der Waals surface area contributed by atoms with Crippen LogP contribution in [0.25, 0.3) is 32.9 Å². The molecule has 0 N–H and O–H groups in total. The van der Waals surface area contributed by atoms with E-state index in [4.69, 9.17) is 25.8 Å². The number of methoxy groups -OCH3 is 1. The minimum absolute atomic E-state index is 0.000532. The van der Waals surface area contributed by atoms with E-state index in [1.807, 2.05) is 30.3 Å². The molecule has 2 fully saturated rings. The summed E-state index contributed by atoms with van der Waals surface area (Å²) in [6.07, 6.45) is 3.97. The summed E-state index contributed by atoms with van der Waals surface area (Å²) in [7, 11) is 1.55. The van der Waals surface area contributed by atoms with Gasteiger partial charge in [0.15, 0.2) is 12.6 Å².